The number of amides is 1. The van der Waals surface area contributed by atoms with Crippen molar-refractivity contribution in [2.24, 2.45) is 0 Å². The molecule has 22 heavy (non-hydrogen) atoms. The summed E-state index contributed by atoms with van der Waals surface area (Å²) in [6, 6.07) is -0.0840. The van der Waals surface area contributed by atoms with Crippen molar-refractivity contribution in [3.63, 3.8) is 0 Å². The molecule has 0 saturated carbocycles. The molecular formula is C16H29NO5. The maximum atomic E-state index is 12.4. The van der Waals surface area contributed by atoms with Gasteiger partial charge in [-0.1, -0.05) is 0 Å². The number of ether oxygens (including phenoxy) is 3. The quantitative estimate of drug-likeness (QED) is 0.729. The fourth-order valence-electron chi connectivity index (χ4n) is 2.49. The molecule has 128 valence electrons. The van der Waals surface area contributed by atoms with Gasteiger partial charge in [0.1, 0.15) is 11.3 Å². The predicted octanol–water partition coefficient (Wildman–Crippen LogP) is 3.09. The second-order valence-corrected chi connectivity index (χ2v) is 6.96. The van der Waals surface area contributed by atoms with E-state index in [1.165, 1.54) is 0 Å². The van der Waals surface area contributed by atoms with Gasteiger partial charge in [0.25, 0.3) is 0 Å². The molecule has 0 aromatic rings. The fourth-order valence-corrected chi connectivity index (χ4v) is 2.49. The lowest BCUT2D eigenvalue weighted by atomic mass is 10.1. The minimum atomic E-state index is -0.697. The van der Waals surface area contributed by atoms with E-state index in [0.29, 0.717) is 32.5 Å². The first kappa shape index (κ1) is 18.7. The second-order valence-electron chi connectivity index (χ2n) is 6.96. The van der Waals surface area contributed by atoms with Gasteiger partial charge in [0.2, 0.25) is 0 Å². The lowest BCUT2D eigenvalue weighted by Crippen LogP contribution is -2.49. The zero-order chi connectivity index (χ0) is 17.0. The molecule has 1 rings (SSSR count). The molecule has 1 amide bonds. The van der Waals surface area contributed by atoms with E-state index in [1.54, 1.807) is 11.8 Å². The maximum absolute atomic E-state index is 12.4. The van der Waals surface area contributed by atoms with Crippen LogP contribution in [0.2, 0.25) is 0 Å². The van der Waals surface area contributed by atoms with Crippen molar-refractivity contribution in [2.75, 3.05) is 13.2 Å². The molecule has 1 aliphatic heterocycles. The normalized spacial score (nSPS) is 20.8. The van der Waals surface area contributed by atoms with Crippen molar-refractivity contribution in [1.82, 2.24) is 4.90 Å². The van der Waals surface area contributed by atoms with Crippen molar-refractivity contribution in [1.29, 1.82) is 0 Å². The molecular weight excluding hydrogens is 286 g/mol. The van der Waals surface area contributed by atoms with Gasteiger partial charge in [-0.15, -0.1) is 0 Å². The molecule has 0 aromatic heterocycles. The zero-order valence-corrected chi connectivity index (χ0v) is 14.6. The summed E-state index contributed by atoms with van der Waals surface area (Å²) < 4.78 is 16.1. The van der Waals surface area contributed by atoms with E-state index in [4.69, 9.17) is 14.2 Å². The molecule has 0 aromatic carbocycles. The molecule has 1 fully saturated rings. The highest BCUT2D eigenvalue weighted by Crippen LogP contribution is 2.31. The SMILES string of the molecule is CCOC(=O)CCC[C@@H]1COC(C)(C)N1C(=O)OC(C)(C)C. The van der Waals surface area contributed by atoms with Crippen LogP contribution in [0.15, 0.2) is 0 Å². The molecule has 0 unspecified atom stereocenters. The average molecular weight is 315 g/mol. The summed E-state index contributed by atoms with van der Waals surface area (Å²) in [6.07, 6.45) is 1.31. The molecule has 1 saturated heterocycles. The first-order valence-electron chi connectivity index (χ1n) is 7.88. The largest absolute Gasteiger partial charge is 0.466 e. The fraction of sp³-hybridized carbons (Fsp3) is 0.875. The minimum absolute atomic E-state index is 0.0840. The van der Waals surface area contributed by atoms with Gasteiger partial charge in [0, 0.05) is 6.42 Å². The van der Waals surface area contributed by atoms with Gasteiger partial charge in [-0.2, -0.15) is 0 Å². The Morgan fingerprint density at radius 2 is 1.95 bits per heavy atom. The van der Waals surface area contributed by atoms with Crippen LogP contribution in [0.1, 0.15) is 60.8 Å². The van der Waals surface area contributed by atoms with Crippen molar-refractivity contribution >= 4 is 12.1 Å². The van der Waals surface area contributed by atoms with Gasteiger partial charge in [0.05, 0.1) is 19.3 Å². The van der Waals surface area contributed by atoms with Crippen molar-refractivity contribution in [3.8, 4) is 0 Å². The van der Waals surface area contributed by atoms with Crippen LogP contribution >= 0.6 is 0 Å². The van der Waals surface area contributed by atoms with E-state index in [1.807, 2.05) is 34.6 Å². The Morgan fingerprint density at radius 1 is 1.32 bits per heavy atom. The monoisotopic (exact) mass is 315 g/mol. The molecule has 6 heteroatoms. The second kappa shape index (κ2) is 7.31. The average Bonchev–Trinajstić information content (AvgIpc) is 2.62. The highest BCUT2D eigenvalue weighted by Gasteiger charge is 2.45. The topological polar surface area (TPSA) is 65.1 Å². The van der Waals surface area contributed by atoms with Gasteiger partial charge in [-0.25, -0.2) is 4.79 Å². The van der Waals surface area contributed by atoms with Gasteiger partial charge >= 0.3 is 12.1 Å². The molecule has 1 aliphatic rings. The summed E-state index contributed by atoms with van der Waals surface area (Å²) in [5.41, 5.74) is -1.25. The number of carbonyl (C=O) groups is 2. The molecule has 0 N–H and O–H groups in total. The summed E-state index contributed by atoms with van der Waals surface area (Å²) in [5.74, 6) is -0.204. The van der Waals surface area contributed by atoms with Crippen molar-refractivity contribution < 1.29 is 23.8 Å². The smallest absolute Gasteiger partial charge is 0.412 e. The van der Waals surface area contributed by atoms with E-state index in [-0.39, 0.29) is 18.1 Å². The third-order valence-corrected chi connectivity index (χ3v) is 3.39. The van der Waals surface area contributed by atoms with E-state index in [9.17, 15) is 9.59 Å². The van der Waals surface area contributed by atoms with Gasteiger partial charge in [-0.05, 0) is 54.4 Å². The van der Waals surface area contributed by atoms with E-state index < -0.39 is 11.3 Å². The molecule has 1 heterocycles. The standard InChI is InChI=1S/C16H29NO5/c1-7-20-13(18)10-8-9-12-11-21-16(5,6)17(12)14(19)22-15(2,3)4/h12H,7-11H2,1-6H3/t12-/m1/s1. The Balaban J connectivity index is 2.61. The first-order valence-corrected chi connectivity index (χ1v) is 7.88. The summed E-state index contributed by atoms with van der Waals surface area (Å²) in [5, 5.41) is 0. The maximum Gasteiger partial charge on any atom is 0.412 e. The number of rotatable bonds is 5. The van der Waals surface area contributed by atoms with E-state index >= 15 is 0 Å². The molecule has 1 atom stereocenters. The van der Waals surface area contributed by atoms with Crippen LogP contribution in [0.3, 0.4) is 0 Å². The summed E-state index contributed by atoms with van der Waals surface area (Å²) in [4.78, 5) is 25.4. The van der Waals surface area contributed by atoms with Crippen LogP contribution in [0, 0.1) is 0 Å². The lowest BCUT2D eigenvalue weighted by molar-refractivity contribution is -0.143. The first-order chi connectivity index (χ1) is 10.1. The third kappa shape index (κ3) is 5.48. The molecule has 0 spiro atoms. The number of hydrogen-bond acceptors (Lipinski definition) is 5. The van der Waals surface area contributed by atoms with Gasteiger partial charge in [-0.3, -0.25) is 9.69 Å². The molecule has 6 nitrogen and oxygen atoms in total. The number of nitrogens with zero attached hydrogens (tertiary/aromatic N) is 1. The van der Waals surface area contributed by atoms with E-state index in [0.717, 1.165) is 0 Å². The summed E-state index contributed by atoms with van der Waals surface area (Å²) >= 11 is 0. The lowest BCUT2D eigenvalue weighted by Gasteiger charge is -2.35. The molecule has 0 radical (unpaired) electrons. The van der Waals surface area contributed by atoms with Crippen LogP contribution in [0.5, 0.6) is 0 Å². The summed E-state index contributed by atoms with van der Waals surface area (Å²) in [6.45, 7) is 11.8. The number of hydrogen-bond donors (Lipinski definition) is 0. The Morgan fingerprint density at radius 3 is 2.50 bits per heavy atom. The molecule has 0 aliphatic carbocycles. The predicted molar refractivity (Wildman–Crippen MR) is 82.4 cm³/mol. The van der Waals surface area contributed by atoms with Crippen molar-refractivity contribution in [2.45, 2.75) is 78.2 Å². The van der Waals surface area contributed by atoms with Crippen LogP contribution < -0.4 is 0 Å². The minimum Gasteiger partial charge on any atom is -0.466 e. The Bertz CT molecular complexity index is 400. The Kier molecular flexibility index (Phi) is 6.23. The molecule has 0 bridgehead atoms. The number of carbonyl (C=O) groups excluding carboxylic acids is 2. The van der Waals surface area contributed by atoms with Gasteiger partial charge < -0.3 is 14.2 Å². The number of esters is 1. The van der Waals surface area contributed by atoms with Gasteiger partial charge in [0.15, 0.2) is 0 Å². The van der Waals surface area contributed by atoms with Crippen molar-refractivity contribution in [3.05, 3.63) is 0 Å². The van der Waals surface area contributed by atoms with Crippen LogP contribution in [-0.4, -0.2) is 47.5 Å². The zero-order valence-electron chi connectivity index (χ0n) is 14.6. The Hall–Kier alpha value is -1.30. The van der Waals surface area contributed by atoms with Crippen LogP contribution in [-0.2, 0) is 19.0 Å². The third-order valence-electron chi connectivity index (χ3n) is 3.39. The van der Waals surface area contributed by atoms with Crippen LogP contribution in [0.25, 0.3) is 0 Å². The highest BCUT2D eigenvalue weighted by atomic mass is 16.6. The summed E-state index contributed by atoms with van der Waals surface area (Å²) in [7, 11) is 0. The van der Waals surface area contributed by atoms with E-state index in [2.05, 4.69) is 0 Å². The Labute approximate surface area is 133 Å². The highest BCUT2D eigenvalue weighted by molar-refractivity contribution is 5.70. The van der Waals surface area contributed by atoms with Crippen LogP contribution in [0.4, 0.5) is 4.79 Å².